The molecule has 0 fully saturated rings. The fourth-order valence-corrected chi connectivity index (χ4v) is 1.57. The van der Waals surface area contributed by atoms with E-state index in [9.17, 15) is 9.59 Å². The number of esters is 1. The van der Waals surface area contributed by atoms with Gasteiger partial charge in [0.25, 0.3) is 0 Å². The standard InChI is InChI=1S/C13H16N4O4/c1-4-20-12(19)13(2,3)10(18)8-17-15-11(14-16-17)9-6-5-7-21-9/h5-7H,4,8H2,1-3H3. The van der Waals surface area contributed by atoms with Crippen molar-refractivity contribution in [3.63, 3.8) is 0 Å². The Morgan fingerprint density at radius 2 is 2.19 bits per heavy atom. The first-order valence-corrected chi connectivity index (χ1v) is 6.47. The average molecular weight is 292 g/mol. The number of ketones is 1. The highest BCUT2D eigenvalue weighted by atomic mass is 16.5. The van der Waals surface area contributed by atoms with E-state index in [4.69, 9.17) is 9.15 Å². The van der Waals surface area contributed by atoms with Gasteiger partial charge in [-0.1, -0.05) is 0 Å². The lowest BCUT2D eigenvalue weighted by Gasteiger charge is -2.19. The number of ether oxygens (including phenoxy) is 1. The van der Waals surface area contributed by atoms with Crippen molar-refractivity contribution in [3.05, 3.63) is 18.4 Å². The number of hydrogen-bond acceptors (Lipinski definition) is 7. The van der Waals surface area contributed by atoms with E-state index < -0.39 is 11.4 Å². The van der Waals surface area contributed by atoms with E-state index in [-0.39, 0.29) is 24.8 Å². The van der Waals surface area contributed by atoms with Crippen molar-refractivity contribution in [2.45, 2.75) is 27.3 Å². The van der Waals surface area contributed by atoms with E-state index in [2.05, 4.69) is 15.4 Å². The third-order valence-electron chi connectivity index (χ3n) is 2.96. The molecule has 2 aromatic heterocycles. The molecular formula is C13H16N4O4. The fraction of sp³-hybridized carbons (Fsp3) is 0.462. The van der Waals surface area contributed by atoms with Crippen LogP contribution in [0.5, 0.6) is 0 Å². The van der Waals surface area contributed by atoms with E-state index in [1.807, 2.05) is 0 Å². The predicted octanol–water partition coefficient (Wildman–Crippen LogP) is 1.09. The van der Waals surface area contributed by atoms with Gasteiger partial charge in [-0.15, -0.1) is 10.2 Å². The lowest BCUT2D eigenvalue weighted by atomic mass is 9.88. The van der Waals surface area contributed by atoms with E-state index >= 15 is 0 Å². The number of aromatic nitrogens is 4. The molecule has 0 aliphatic rings. The summed E-state index contributed by atoms with van der Waals surface area (Å²) in [5.41, 5.74) is -1.26. The van der Waals surface area contributed by atoms with Crippen LogP contribution in [0.4, 0.5) is 0 Å². The highest BCUT2D eigenvalue weighted by Crippen LogP contribution is 2.20. The average Bonchev–Trinajstić information content (AvgIpc) is 3.08. The molecule has 0 aromatic carbocycles. The molecule has 8 heteroatoms. The Hall–Kier alpha value is -2.51. The van der Waals surface area contributed by atoms with Gasteiger partial charge in [-0.25, -0.2) is 0 Å². The molecule has 0 saturated heterocycles. The number of rotatable bonds is 6. The molecule has 112 valence electrons. The van der Waals surface area contributed by atoms with Gasteiger partial charge in [0.1, 0.15) is 12.0 Å². The Morgan fingerprint density at radius 3 is 2.81 bits per heavy atom. The molecule has 2 heterocycles. The van der Waals surface area contributed by atoms with Crippen LogP contribution in [0, 0.1) is 5.41 Å². The van der Waals surface area contributed by atoms with Gasteiger partial charge in [-0.05, 0) is 38.1 Å². The van der Waals surface area contributed by atoms with Crippen LogP contribution in [0.1, 0.15) is 20.8 Å². The number of furan rings is 1. The van der Waals surface area contributed by atoms with Gasteiger partial charge in [0, 0.05) is 0 Å². The maximum Gasteiger partial charge on any atom is 0.319 e. The van der Waals surface area contributed by atoms with E-state index in [0.717, 1.165) is 4.80 Å². The van der Waals surface area contributed by atoms with Gasteiger partial charge >= 0.3 is 5.97 Å². The Balaban J connectivity index is 2.08. The van der Waals surface area contributed by atoms with Crippen molar-refractivity contribution in [1.82, 2.24) is 20.2 Å². The second-order valence-corrected chi connectivity index (χ2v) is 4.89. The third-order valence-corrected chi connectivity index (χ3v) is 2.96. The van der Waals surface area contributed by atoms with Gasteiger partial charge < -0.3 is 9.15 Å². The molecule has 0 radical (unpaired) electrons. The molecule has 2 aromatic rings. The fourth-order valence-electron chi connectivity index (χ4n) is 1.57. The first-order valence-electron chi connectivity index (χ1n) is 6.47. The summed E-state index contributed by atoms with van der Waals surface area (Å²) < 4.78 is 10.0. The van der Waals surface area contributed by atoms with Crippen molar-refractivity contribution in [2.24, 2.45) is 5.41 Å². The summed E-state index contributed by atoms with van der Waals surface area (Å²) in [7, 11) is 0. The number of carbonyl (C=O) groups is 2. The lowest BCUT2D eigenvalue weighted by molar-refractivity contribution is -0.158. The number of nitrogens with zero attached hydrogens (tertiary/aromatic N) is 4. The summed E-state index contributed by atoms with van der Waals surface area (Å²) in [5, 5.41) is 11.6. The van der Waals surface area contributed by atoms with Crippen LogP contribution < -0.4 is 0 Å². The lowest BCUT2D eigenvalue weighted by Crippen LogP contribution is -2.37. The third kappa shape index (κ3) is 3.15. The molecule has 0 aliphatic carbocycles. The Kier molecular flexibility index (Phi) is 4.15. The molecule has 0 amide bonds. The molecule has 0 spiro atoms. The number of carbonyl (C=O) groups excluding carboxylic acids is 2. The van der Waals surface area contributed by atoms with Gasteiger partial charge in [0.15, 0.2) is 11.5 Å². The molecule has 2 rings (SSSR count). The maximum absolute atomic E-state index is 12.2. The molecule has 0 aliphatic heterocycles. The van der Waals surface area contributed by atoms with Crippen molar-refractivity contribution >= 4 is 11.8 Å². The van der Waals surface area contributed by atoms with E-state index in [1.165, 1.54) is 20.1 Å². The second kappa shape index (κ2) is 5.86. The van der Waals surface area contributed by atoms with Crippen molar-refractivity contribution < 1.29 is 18.7 Å². The molecule has 0 bridgehead atoms. The monoisotopic (exact) mass is 292 g/mol. The molecule has 21 heavy (non-hydrogen) atoms. The molecule has 0 N–H and O–H groups in total. The van der Waals surface area contributed by atoms with Gasteiger partial charge in [-0.2, -0.15) is 4.80 Å². The summed E-state index contributed by atoms with van der Waals surface area (Å²) >= 11 is 0. The minimum absolute atomic E-state index is 0.167. The largest absolute Gasteiger partial charge is 0.465 e. The minimum Gasteiger partial charge on any atom is -0.465 e. The van der Waals surface area contributed by atoms with Crippen LogP contribution in [-0.4, -0.2) is 38.6 Å². The number of tetrazole rings is 1. The summed E-state index contributed by atoms with van der Waals surface area (Å²) in [6.07, 6.45) is 1.49. The number of Topliss-reactive ketones (excluding diaryl/α,β-unsaturated/α-hetero) is 1. The SMILES string of the molecule is CCOC(=O)C(C)(C)C(=O)Cn1nnc(-c2ccco2)n1. The van der Waals surface area contributed by atoms with Crippen LogP contribution in [0.25, 0.3) is 11.6 Å². The van der Waals surface area contributed by atoms with Gasteiger partial charge in [0.05, 0.1) is 12.9 Å². The smallest absolute Gasteiger partial charge is 0.319 e. The molecule has 8 nitrogen and oxygen atoms in total. The normalized spacial score (nSPS) is 11.4. The van der Waals surface area contributed by atoms with Crippen LogP contribution in [0.15, 0.2) is 22.8 Å². The summed E-state index contributed by atoms with van der Waals surface area (Å²) in [6.45, 7) is 4.77. The van der Waals surface area contributed by atoms with Crippen molar-refractivity contribution in [3.8, 4) is 11.6 Å². The van der Waals surface area contributed by atoms with Crippen LogP contribution in [0.3, 0.4) is 0 Å². The number of hydrogen-bond donors (Lipinski definition) is 0. The highest BCUT2D eigenvalue weighted by Gasteiger charge is 2.37. The Labute approximate surface area is 121 Å². The summed E-state index contributed by atoms with van der Waals surface area (Å²) in [4.78, 5) is 25.1. The van der Waals surface area contributed by atoms with Gasteiger partial charge in [0.2, 0.25) is 5.82 Å². The first-order chi connectivity index (χ1) is 9.95. The zero-order valence-corrected chi connectivity index (χ0v) is 12.1. The predicted molar refractivity (Wildman–Crippen MR) is 70.9 cm³/mol. The van der Waals surface area contributed by atoms with Gasteiger partial charge in [-0.3, -0.25) is 9.59 Å². The zero-order valence-electron chi connectivity index (χ0n) is 12.1. The molecule has 0 saturated carbocycles. The van der Waals surface area contributed by atoms with Crippen molar-refractivity contribution in [2.75, 3.05) is 6.61 Å². The van der Waals surface area contributed by atoms with Crippen LogP contribution >= 0.6 is 0 Å². The maximum atomic E-state index is 12.2. The van der Waals surface area contributed by atoms with E-state index in [0.29, 0.717) is 5.76 Å². The highest BCUT2D eigenvalue weighted by molar-refractivity contribution is 6.02. The van der Waals surface area contributed by atoms with Crippen LogP contribution in [0.2, 0.25) is 0 Å². The molecular weight excluding hydrogens is 276 g/mol. The Morgan fingerprint density at radius 1 is 1.43 bits per heavy atom. The zero-order chi connectivity index (χ0) is 15.5. The summed E-state index contributed by atoms with van der Waals surface area (Å²) in [6, 6.07) is 3.39. The molecule has 0 unspecified atom stereocenters. The second-order valence-electron chi connectivity index (χ2n) is 4.89. The molecule has 0 atom stereocenters. The quantitative estimate of drug-likeness (QED) is 0.580. The first kappa shape index (κ1) is 14.9. The summed E-state index contributed by atoms with van der Waals surface area (Å²) in [5.74, 6) is -0.189. The van der Waals surface area contributed by atoms with E-state index in [1.54, 1.807) is 19.1 Å². The van der Waals surface area contributed by atoms with Crippen molar-refractivity contribution in [1.29, 1.82) is 0 Å². The minimum atomic E-state index is -1.26. The Bertz CT molecular complexity index is 630. The van der Waals surface area contributed by atoms with Crippen LogP contribution in [-0.2, 0) is 20.9 Å². The topological polar surface area (TPSA) is 100 Å².